The molecule has 0 saturated carbocycles. The summed E-state index contributed by atoms with van der Waals surface area (Å²) in [6.45, 7) is 0.745. The Morgan fingerprint density at radius 2 is 1.53 bits per heavy atom. The summed E-state index contributed by atoms with van der Waals surface area (Å²) in [7, 11) is -4.07. The number of amidine groups is 1. The summed E-state index contributed by atoms with van der Waals surface area (Å²) in [6.07, 6.45) is 1.57. The van der Waals surface area contributed by atoms with E-state index in [1.807, 2.05) is 12.1 Å². The molecule has 1 fully saturated rings. The van der Waals surface area contributed by atoms with Crippen LogP contribution in [-0.4, -0.2) is 24.3 Å². The number of hydrogen-bond acceptors (Lipinski definition) is 6. The van der Waals surface area contributed by atoms with Gasteiger partial charge in [-0.15, -0.1) is 0 Å². The number of hydrogen-bond donors (Lipinski definition) is 4. The van der Waals surface area contributed by atoms with Crippen molar-refractivity contribution in [1.82, 2.24) is 10.6 Å². The Balaban J connectivity index is 1.75. The van der Waals surface area contributed by atoms with Gasteiger partial charge in [0.25, 0.3) is 0 Å². The third kappa shape index (κ3) is 5.65. The fraction of sp³-hybridized carbons (Fsp3) is 0.200. The normalized spacial score (nSPS) is 16.4. The Labute approximate surface area is 198 Å². The Morgan fingerprint density at radius 1 is 0.971 bits per heavy atom. The van der Waals surface area contributed by atoms with Crippen LogP contribution in [0.25, 0.3) is 0 Å². The third-order valence-corrected chi connectivity index (χ3v) is 7.45. The summed E-state index contributed by atoms with van der Waals surface area (Å²) in [6, 6.07) is 23.6. The molecule has 3 aromatic rings. The summed E-state index contributed by atoms with van der Waals surface area (Å²) in [4.78, 5) is 13.1. The second-order valence-electron chi connectivity index (χ2n) is 7.94. The van der Waals surface area contributed by atoms with Gasteiger partial charge in [-0.25, -0.2) is 4.57 Å². The smallest absolute Gasteiger partial charge is 0.414 e. The summed E-state index contributed by atoms with van der Waals surface area (Å²) >= 11 is 0. The summed E-state index contributed by atoms with van der Waals surface area (Å²) in [5, 5.41) is 13.7. The van der Waals surface area contributed by atoms with Gasteiger partial charge >= 0.3 is 7.60 Å². The second-order valence-corrected chi connectivity index (χ2v) is 9.91. The molecule has 2 atom stereocenters. The molecule has 9 heteroatoms. The monoisotopic (exact) mass is 478 g/mol. The first-order valence-corrected chi connectivity index (χ1v) is 12.6. The minimum absolute atomic E-state index is 0.0912. The van der Waals surface area contributed by atoms with Gasteiger partial charge in [0.1, 0.15) is 17.3 Å². The van der Waals surface area contributed by atoms with Crippen molar-refractivity contribution in [2.75, 3.05) is 6.54 Å². The average Bonchev–Trinajstić information content (AvgIpc) is 3.39. The number of nitrogens with two attached hydrogens (primary N) is 1. The number of rotatable bonds is 9. The lowest BCUT2D eigenvalue weighted by molar-refractivity contribution is -0.123. The zero-order chi connectivity index (χ0) is 24.0. The van der Waals surface area contributed by atoms with Crippen LogP contribution in [0, 0.1) is 5.41 Å². The number of para-hydroxylation sites is 2. The van der Waals surface area contributed by atoms with E-state index in [9.17, 15) is 9.36 Å². The molecule has 0 spiro atoms. The van der Waals surface area contributed by atoms with Gasteiger partial charge in [-0.05, 0) is 49.2 Å². The Kier molecular flexibility index (Phi) is 7.30. The summed E-state index contributed by atoms with van der Waals surface area (Å²) in [5.74, 6) is -0.789. The maximum Gasteiger partial charge on any atom is 0.457 e. The number of benzene rings is 3. The van der Waals surface area contributed by atoms with E-state index < -0.39 is 13.4 Å². The number of carbonyl (C=O) groups is 1. The lowest BCUT2D eigenvalue weighted by Gasteiger charge is -2.29. The molecule has 8 nitrogen and oxygen atoms in total. The quantitative estimate of drug-likeness (QED) is 0.208. The fourth-order valence-corrected chi connectivity index (χ4v) is 5.62. The lowest BCUT2D eigenvalue weighted by Crippen LogP contribution is -2.42. The molecule has 0 aliphatic carbocycles. The van der Waals surface area contributed by atoms with E-state index >= 15 is 0 Å². The van der Waals surface area contributed by atoms with Crippen molar-refractivity contribution in [2.45, 2.75) is 24.7 Å². The van der Waals surface area contributed by atoms with Crippen LogP contribution < -0.4 is 25.4 Å². The lowest BCUT2D eigenvalue weighted by atomic mass is 10.1. The van der Waals surface area contributed by atoms with E-state index in [0.717, 1.165) is 13.0 Å². The van der Waals surface area contributed by atoms with Gasteiger partial charge in [0, 0.05) is 5.56 Å². The van der Waals surface area contributed by atoms with Gasteiger partial charge in [-0.1, -0.05) is 60.7 Å². The van der Waals surface area contributed by atoms with Crippen molar-refractivity contribution in [2.24, 2.45) is 5.73 Å². The van der Waals surface area contributed by atoms with Crippen molar-refractivity contribution < 1.29 is 18.4 Å². The topological polar surface area (TPSA) is 127 Å². The minimum Gasteiger partial charge on any atom is -0.414 e. The highest BCUT2D eigenvalue weighted by atomic mass is 31.2. The molecule has 0 radical (unpaired) electrons. The van der Waals surface area contributed by atoms with Crippen LogP contribution in [0.1, 0.15) is 29.8 Å². The first kappa shape index (κ1) is 23.5. The zero-order valence-corrected chi connectivity index (χ0v) is 19.4. The molecule has 176 valence electrons. The molecule has 1 heterocycles. The number of nitrogens with one attached hydrogen (secondary N) is 3. The Bertz CT molecular complexity index is 1120. The standard InChI is InChI=1S/C25H27N4O4P/c26-23(27)18-13-15-19(16-14-18)25(29-24(30)22-12-7-17-28-22)34(31,32-20-8-3-1-4-9-20)33-21-10-5-2-6-11-21/h1-6,8-11,13-16,22,25,28H,7,12,17H2,(H3,26,27)(H,29,30)/t22-,25?/m0/s1. The summed E-state index contributed by atoms with van der Waals surface area (Å²) in [5.41, 5.74) is 6.61. The Hall–Kier alpha value is -3.61. The highest BCUT2D eigenvalue weighted by molar-refractivity contribution is 7.55. The molecule has 1 aliphatic heterocycles. The molecular weight excluding hydrogens is 451 g/mol. The van der Waals surface area contributed by atoms with Gasteiger partial charge in [-0.3, -0.25) is 10.2 Å². The predicted octanol–water partition coefficient (Wildman–Crippen LogP) is 4.19. The molecule has 1 aliphatic rings. The van der Waals surface area contributed by atoms with Crippen LogP contribution in [0.3, 0.4) is 0 Å². The number of carbonyl (C=O) groups excluding carboxylic acids is 1. The molecule has 0 bridgehead atoms. The van der Waals surface area contributed by atoms with Crippen LogP contribution in [0.15, 0.2) is 84.9 Å². The molecule has 0 aromatic heterocycles. The Morgan fingerprint density at radius 3 is 2.00 bits per heavy atom. The van der Waals surface area contributed by atoms with Gasteiger partial charge in [-0.2, -0.15) is 0 Å². The SMILES string of the molecule is N=C(N)c1ccc(C(NC(=O)[C@@H]2CCCN2)P(=O)(Oc2ccccc2)Oc2ccccc2)cc1. The van der Waals surface area contributed by atoms with Crippen LogP contribution in [0.5, 0.6) is 11.5 Å². The average molecular weight is 478 g/mol. The largest absolute Gasteiger partial charge is 0.457 e. The van der Waals surface area contributed by atoms with E-state index in [4.69, 9.17) is 20.2 Å². The number of nitrogen functional groups attached to an aromatic ring is 1. The minimum atomic E-state index is -4.07. The van der Waals surface area contributed by atoms with E-state index in [2.05, 4.69) is 10.6 Å². The van der Waals surface area contributed by atoms with Crippen molar-refractivity contribution in [3.8, 4) is 11.5 Å². The van der Waals surface area contributed by atoms with E-state index in [1.165, 1.54) is 0 Å². The second kappa shape index (κ2) is 10.5. The number of amides is 1. The van der Waals surface area contributed by atoms with Crippen LogP contribution in [0.2, 0.25) is 0 Å². The van der Waals surface area contributed by atoms with Gasteiger partial charge in [0.2, 0.25) is 5.91 Å². The highest BCUT2D eigenvalue weighted by Crippen LogP contribution is 2.59. The maximum absolute atomic E-state index is 14.5. The van der Waals surface area contributed by atoms with Gasteiger partial charge in [0.15, 0.2) is 5.78 Å². The van der Waals surface area contributed by atoms with E-state index in [1.54, 1.807) is 72.8 Å². The predicted molar refractivity (Wildman–Crippen MR) is 131 cm³/mol. The van der Waals surface area contributed by atoms with Gasteiger partial charge < -0.3 is 25.4 Å². The van der Waals surface area contributed by atoms with Crippen molar-refractivity contribution in [3.63, 3.8) is 0 Å². The van der Waals surface area contributed by atoms with Crippen molar-refractivity contribution >= 4 is 19.3 Å². The first-order chi connectivity index (χ1) is 16.4. The molecule has 3 aromatic carbocycles. The van der Waals surface area contributed by atoms with Crippen LogP contribution in [0.4, 0.5) is 0 Å². The van der Waals surface area contributed by atoms with Crippen molar-refractivity contribution in [1.29, 1.82) is 5.41 Å². The molecule has 5 N–H and O–H groups in total. The third-order valence-electron chi connectivity index (χ3n) is 5.46. The van der Waals surface area contributed by atoms with Crippen molar-refractivity contribution in [3.05, 3.63) is 96.1 Å². The van der Waals surface area contributed by atoms with Crippen LogP contribution >= 0.6 is 7.60 Å². The molecule has 1 amide bonds. The zero-order valence-electron chi connectivity index (χ0n) is 18.5. The maximum atomic E-state index is 14.5. The fourth-order valence-electron chi connectivity index (χ4n) is 3.71. The van der Waals surface area contributed by atoms with E-state index in [0.29, 0.717) is 29.0 Å². The molecule has 1 unspecified atom stereocenters. The van der Waals surface area contributed by atoms with Gasteiger partial charge in [0.05, 0.1) is 6.04 Å². The molecule has 1 saturated heterocycles. The highest BCUT2D eigenvalue weighted by Gasteiger charge is 2.43. The van der Waals surface area contributed by atoms with Crippen LogP contribution in [-0.2, 0) is 9.36 Å². The summed E-state index contributed by atoms with van der Waals surface area (Å²) < 4.78 is 26.5. The van der Waals surface area contributed by atoms with E-state index in [-0.39, 0.29) is 17.8 Å². The molecular formula is C25H27N4O4P. The molecule has 34 heavy (non-hydrogen) atoms. The molecule has 4 rings (SSSR count). The first-order valence-electron chi connectivity index (χ1n) is 11.0.